The molecule has 0 saturated carbocycles. The first kappa shape index (κ1) is 17.5. The normalized spacial score (nSPS) is 15.9. The number of carbonyl (C=O) groups excluding carboxylic acids is 1. The number of methoxy groups -OCH3 is 1. The number of anilines is 1. The minimum Gasteiger partial charge on any atom is -0.495 e. The number of benzene rings is 2. The van der Waals surface area contributed by atoms with Crippen molar-refractivity contribution in [3.8, 4) is 5.75 Å². The maximum Gasteiger partial charge on any atom is 0.322 e. The zero-order chi connectivity index (χ0) is 18.8. The quantitative estimate of drug-likeness (QED) is 0.709. The van der Waals surface area contributed by atoms with E-state index in [1.54, 1.807) is 7.11 Å². The molecule has 1 N–H and O–H groups in total. The molecular weight excluding hydrogens is 362 g/mol. The molecule has 5 nitrogen and oxygen atoms in total. The fraction of sp³-hybridized carbons (Fsp3) is 0.190. The van der Waals surface area contributed by atoms with Gasteiger partial charge in [0.05, 0.1) is 18.8 Å². The first-order valence-corrected chi connectivity index (χ1v) is 9.16. The highest BCUT2D eigenvalue weighted by Gasteiger charge is 2.32. The number of aromatic nitrogens is 1. The van der Waals surface area contributed by atoms with Crippen molar-refractivity contribution in [1.82, 2.24) is 9.47 Å². The van der Waals surface area contributed by atoms with E-state index in [2.05, 4.69) is 16.0 Å². The first-order valence-electron chi connectivity index (χ1n) is 8.78. The summed E-state index contributed by atoms with van der Waals surface area (Å²) in [5, 5.41) is 3.67. The Balaban J connectivity index is 1.68. The molecule has 0 bridgehead atoms. The van der Waals surface area contributed by atoms with E-state index in [1.807, 2.05) is 65.7 Å². The third-order valence-electron chi connectivity index (χ3n) is 4.83. The molecule has 1 aromatic heterocycles. The standard InChI is InChI=1S/C21H20ClN3O2/c1-27-19-7-3-2-5-17(19)23-21(26)25-14-13-24-12-4-6-18(24)20(25)15-8-10-16(22)11-9-15/h2-12,20H,13-14H2,1H3,(H,23,26). The van der Waals surface area contributed by atoms with Crippen LogP contribution in [0.15, 0.2) is 66.9 Å². The van der Waals surface area contributed by atoms with Gasteiger partial charge in [-0.3, -0.25) is 0 Å². The average Bonchev–Trinajstić information content (AvgIpc) is 3.17. The van der Waals surface area contributed by atoms with Crippen molar-refractivity contribution in [2.45, 2.75) is 12.6 Å². The van der Waals surface area contributed by atoms with E-state index in [0.29, 0.717) is 23.0 Å². The van der Waals surface area contributed by atoms with E-state index >= 15 is 0 Å². The third-order valence-corrected chi connectivity index (χ3v) is 5.09. The van der Waals surface area contributed by atoms with Gasteiger partial charge in [0.15, 0.2) is 0 Å². The van der Waals surface area contributed by atoms with Gasteiger partial charge in [0, 0.05) is 30.0 Å². The lowest BCUT2D eigenvalue weighted by atomic mass is 10.0. The van der Waals surface area contributed by atoms with Gasteiger partial charge in [0.2, 0.25) is 0 Å². The molecule has 138 valence electrons. The number of amides is 2. The van der Waals surface area contributed by atoms with E-state index in [1.165, 1.54) is 0 Å². The Morgan fingerprint density at radius 2 is 1.85 bits per heavy atom. The summed E-state index contributed by atoms with van der Waals surface area (Å²) in [6.07, 6.45) is 2.05. The molecule has 0 fully saturated rings. The number of ether oxygens (including phenoxy) is 1. The van der Waals surface area contributed by atoms with Crippen molar-refractivity contribution in [1.29, 1.82) is 0 Å². The number of urea groups is 1. The Labute approximate surface area is 163 Å². The lowest BCUT2D eigenvalue weighted by Gasteiger charge is -2.37. The van der Waals surface area contributed by atoms with Gasteiger partial charge in [-0.05, 0) is 42.0 Å². The number of rotatable bonds is 3. The van der Waals surface area contributed by atoms with E-state index in [0.717, 1.165) is 17.8 Å². The molecule has 3 aromatic rings. The topological polar surface area (TPSA) is 46.5 Å². The fourth-order valence-corrected chi connectivity index (χ4v) is 3.66. The predicted octanol–water partition coefficient (Wildman–Crippen LogP) is 4.79. The van der Waals surface area contributed by atoms with Crippen molar-refractivity contribution in [2.24, 2.45) is 0 Å². The Bertz CT molecular complexity index is 952. The molecule has 0 saturated heterocycles. The summed E-state index contributed by atoms with van der Waals surface area (Å²) in [6, 6.07) is 18.8. The Kier molecular flexibility index (Phi) is 4.77. The van der Waals surface area contributed by atoms with Gasteiger partial charge >= 0.3 is 6.03 Å². The maximum atomic E-state index is 13.1. The SMILES string of the molecule is COc1ccccc1NC(=O)N1CCn2cccc2C1c1ccc(Cl)cc1. The van der Waals surface area contributed by atoms with Crippen LogP contribution in [-0.2, 0) is 6.54 Å². The van der Waals surface area contributed by atoms with E-state index in [9.17, 15) is 4.79 Å². The van der Waals surface area contributed by atoms with Crippen molar-refractivity contribution in [3.05, 3.63) is 83.1 Å². The highest BCUT2D eigenvalue weighted by atomic mass is 35.5. The lowest BCUT2D eigenvalue weighted by Crippen LogP contribution is -2.44. The fourth-order valence-electron chi connectivity index (χ4n) is 3.53. The van der Waals surface area contributed by atoms with Crippen LogP contribution in [0.1, 0.15) is 17.3 Å². The van der Waals surface area contributed by atoms with E-state index in [4.69, 9.17) is 16.3 Å². The molecule has 2 amide bonds. The Morgan fingerprint density at radius 3 is 2.63 bits per heavy atom. The average molecular weight is 382 g/mol. The van der Waals surface area contributed by atoms with Gasteiger partial charge < -0.3 is 19.5 Å². The van der Waals surface area contributed by atoms with Gasteiger partial charge in [0.1, 0.15) is 5.75 Å². The number of fused-ring (bicyclic) bond motifs is 1. The molecule has 2 aromatic carbocycles. The van der Waals surface area contributed by atoms with Crippen LogP contribution in [0.5, 0.6) is 5.75 Å². The first-order chi connectivity index (χ1) is 13.2. The van der Waals surface area contributed by atoms with Crippen LogP contribution < -0.4 is 10.1 Å². The van der Waals surface area contributed by atoms with Crippen LogP contribution in [-0.4, -0.2) is 29.2 Å². The van der Waals surface area contributed by atoms with Crippen LogP contribution in [0.2, 0.25) is 5.02 Å². The molecule has 6 heteroatoms. The zero-order valence-corrected chi connectivity index (χ0v) is 15.7. The van der Waals surface area contributed by atoms with Crippen LogP contribution in [0.3, 0.4) is 0 Å². The highest BCUT2D eigenvalue weighted by Crippen LogP contribution is 2.34. The molecule has 27 heavy (non-hydrogen) atoms. The minimum absolute atomic E-state index is 0.160. The van der Waals surface area contributed by atoms with E-state index < -0.39 is 0 Å². The number of nitrogens with zero attached hydrogens (tertiary/aromatic N) is 2. The molecular formula is C21H20ClN3O2. The van der Waals surface area contributed by atoms with Crippen LogP contribution in [0, 0.1) is 0 Å². The van der Waals surface area contributed by atoms with Gasteiger partial charge in [-0.25, -0.2) is 4.79 Å². The smallest absolute Gasteiger partial charge is 0.322 e. The van der Waals surface area contributed by atoms with Crippen molar-refractivity contribution in [3.63, 3.8) is 0 Å². The molecule has 0 spiro atoms. The van der Waals surface area contributed by atoms with Crippen LogP contribution >= 0.6 is 11.6 Å². The third kappa shape index (κ3) is 3.38. The summed E-state index contributed by atoms with van der Waals surface area (Å²) in [7, 11) is 1.59. The summed E-state index contributed by atoms with van der Waals surface area (Å²) in [6.45, 7) is 1.36. The van der Waals surface area contributed by atoms with Gasteiger partial charge in [-0.1, -0.05) is 35.9 Å². The number of hydrogen-bond donors (Lipinski definition) is 1. The summed E-state index contributed by atoms with van der Waals surface area (Å²) in [5.74, 6) is 0.634. The van der Waals surface area contributed by atoms with Crippen molar-refractivity contribution in [2.75, 3.05) is 19.0 Å². The second kappa shape index (κ2) is 7.37. The second-order valence-electron chi connectivity index (χ2n) is 6.40. The number of para-hydroxylation sites is 2. The molecule has 1 atom stereocenters. The Morgan fingerprint density at radius 1 is 1.07 bits per heavy atom. The molecule has 1 aliphatic rings. The molecule has 1 unspecified atom stereocenters. The molecule has 2 heterocycles. The maximum absolute atomic E-state index is 13.1. The summed E-state index contributed by atoms with van der Waals surface area (Å²) in [5.41, 5.74) is 2.76. The predicted molar refractivity (Wildman–Crippen MR) is 106 cm³/mol. The number of carbonyl (C=O) groups is 1. The van der Waals surface area contributed by atoms with E-state index in [-0.39, 0.29) is 12.1 Å². The summed E-state index contributed by atoms with van der Waals surface area (Å²) in [4.78, 5) is 15.0. The van der Waals surface area contributed by atoms with Gasteiger partial charge in [-0.15, -0.1) is 0 Å². The van der Waals surface area contributed by atoms with Crippen molar-refractivity contribution < 1.29 is 9.53 Å². The lowest BCUT2D eigenvalue weighted by molar-refractivity contribution is 0.181. The Hall–Kier alpha value is -2.92. The molecule has 0 radical (unpaired) electrons. The van der Waals surface area contributed by atoms with Crippen molar-refractivity contribution >= 4 is 23.3 Å². The molecule has 0 aliphatic carbocycles. The largest absolute Gasteiger partial charge is 0.495 e. The monoisotopic (exact) mass is 381 g/mol. The number of hydrogen-bond acceptors (Lipinski definition) is 2. The highest BCUT2D eigenvalue weighted by molar-refractivity contribution is 6.30. The van der Waals surface area contributed by atoms with Crippen LogP contribution in [0.25, 0.3) is 0 Å². The molecule has 4 rings (SSSR count). The van der Waals surface area contributed by atoms with Crippen LogP contribution in [0.4, 0.5) is 10.5 Å². The van der Waals surface area contributed by atoms with Gasteiger partial charge in [-0.2, -0.15) is 0 Å². The summed E-state index contributed by atoms with van der Waals surface area (Å²) < 4.78 is 7.54. The molecule has 1 aliphatic heterocycles. The minimum atomic E-state index is -0.180. The number of halogens is 1. The second-order valence-corrected chi connectivity index (χ2v) is 6.84. The summed E-state index contributed by atoms with van der Waals surface area (Å²) >= 11 is 6.06. The number of nitrogens with one attached hydrogen (secondary N) is 1. The van der Waals surface area contributed by atoms with Gasteiger partial charge in [0.25, 0.3) is 0 Å². The zero-order valence-electron chi connectivity index (χ0n) is 14.9.